The van der Waals surface area contributed by atoms with E-state index in [-0.39, 0.29) is 5.91 Å². The van der Waals surface area contributed by atoms with E-state index in [4.69, 9.17) is 16.6 Å². The van der Waals surface area contributed by atoms with Gasteiger partial charge in [0.25, 0.3) is 5.91 Å². The summed E-state index contributed by atoms with van der Waals surface area (Å²) in [5, 5.41) is 4.80. The highest BCUT2D eigenvalue weighted by Crippen LogP contribution is 2.31. The summed E-state index contributed by atoms with van der Waals surface area (Å²) < 4.78 is 1.13. The molecule has 140 valence electrons. The average Bonchev–Trinajstić information content (AvgIpc) is 3.12. The summed E-state index contributed by atoms with van der Waals surface area (Å²) in [6, 6.07) is 15.2. The number of amides is 1. The summed E-state index contributed by atoms with van der Waals surface area (Å²) >= 11 is 7.76. The van der Waals surface area contributed by atoms with E-state index < -0.39 is 0 Å². The normalized spacial score (nSPS) is 15.2. The van der Waals surface area contributed by atoms with Crippen LogP contribution in [0.1, 0.15) is 10.4 Å². The fraction of sp³-hybridized carbons (Fsp3) is 0.300. The number of aromatic nitrogens is 1. The van der Waals surface area contributed by atoms with Crippen LogP contribution in [0.15, 0.2) is 48.5 Å². The lowest BCUT2D eigenvalue weighted by molar-refractivity contribution is 0.0948. The van der Waals surface area contributed by atoms with Gasteiger partial charge < -0.3 is 10.2 Å². The van der Waals surface area contributed by atoms with Gasteiger partial charge in [0.05, 0.1) is 10.2 Å². The minimum Gasteiger partial charge on any atom is -0.351 e. The van der Waals surface area contributed by atoms with Crippen molar-refractivity contribution in [3.8, 4) is 0 Å². The highest BCUT2D eigenvalue weighted by Gasteiger charge is 2.19. The monoisotopic (exact) mass is 400 g/mol. The van der Waals surface area contributed by atoms with Gasteiger partial charge in [0.1, 0.15) is 0 Å². The van der Waals surface area contributed by atoms with Gasteiger partial charge in [0.2, 0.25) is 0 Å². The fourth-order valence-corrected chi connectivity index (χ4v) is 4.50. The number of anilines is 1. The first-order valence-electron chi connectivity index (χ1n) is 9.06. The molecule has 0 radical (unpaired) electrons. The van der Waals surface area contributed by atoms with E-state index in [1.165, 1.54) is 0 Å². The Hall–Kier alpha value is -2.15. The summed E-state index contributed by atoms with van der Waals surface area (Å²) in [6.07, 6.45) is 0. The third-order valence-electron chi connectivity index (χ3n) is 4.73. The summed E-state index contributed by atoms with van der Waals surface area (Å²) in [7, 11) is 0. The number of hydrogen-bond donors (Lipinski definition) is 1. The molecule has 3 aromatic rings. The van der Waals surface area contributed by atoms with Crippen LogP contribution in [0.4, 0.5) is 5.13 Å². The lowest BCUT2D eigenvalue weighted by Crippen LogP contribution is -2.48. The van der Waals surface area contributed by atoms with E-state index in [0.717, 1.165) is 53.1 Å². The Morgan fingerprint density at radius 1 is 1.11 bits per heavy atom. The average molecular weight is 401 g/mol. The molecule has 1 aliphatic heterocycles. The maximum absolute atomic E-state index is 12.1. The van der Waals surface area contributed by atoms with Gasteiger partial charge >= 0.3 is 0 Å². The van der Waals surface area contributed by atoms with Gasteiger partial charge in [-0.3, -0.25) is 9.69 Å². The Morgan fingerprint density at radius 2 is 1.89 bits per heavy atom. The van der Waals surface area contributed by atoms with Crippen LogP contribution in [-0.2, 0) is 0 Å². The van der Waals surface area contributed by atoms with E-state index in [2.05, 4.69) is 15.1 Å². The first-order valence-corrected chi connectivity index (χ1v) is 10.3. The van der Waals surface area contributed by atoms with Crippen molar-refractivity contribution in [2.75, 3.05) is 44.2 Å². The first kappa shape index (κ1) is 18.2. The number of fused-ring (bicyclic) bond motifs is 1. The molecule has 5 nitrogen and oxygen atoms in total. The zero-order chi connectivity index (χ0) is 18.6. The standard InChI is InChI=1S/C20H21ClN4OS/c21-16-6-7-17-18(14-16)27-20(23-17)25-12-10-24(11-13-25)9-8-22-19(26)15-4-2-1-3-5-15/h1-7,14H,8-13H2,(H,22,26). The third-order valence-corrected chi connectivity index (χ3v) is 6.05. The molecule has 1 aromatic heterocycles. The molecule has 1 amide bonds. The Bertz CT molecular complexity index is 922. The van der Waals surface area contributed by atoms with Crippen molar-refractivity contribution >= 4 is 44.2 Å². The van der Waals surface area contributed by atoms with E-state index in [0.29, 0.717) is 12.1 Å². The molecule has 27 heavy (non-hydrogen) atoms. The number of carbonyl (C=O) groups is 1. The van der Waals surface area contributed by atoms with Crippen LogP contribution in [0, 0.1) is 0 Å². The van der Waals surface area contributed by atoms with E-state index >= 15 is 0 Å². The van der Waals surface area contributed by atoms with E-state index in [9.17, 15) is 4.79 Å². The second-order valence-electron chi connectivity index (χ2n) is 6.56. The minimum absolute atomic E-state index is 0.0117. The lowest BCUT2D eigenvalue weighted by atomic mass is 10.2. The van der Waals surface area contributed by atoms with E-state index in [1.54, 1.807) is 11.3 Å². The molecule has 0 spiro atoms. The van der Waals surface area contributed by atoms with E-state index in [1.807, 2.05) is 48.5 Å². The minimum atomic E-state index is -0.0117. The fourth-order valence-electron chi connectivity index (χ4n) is 3.20. The highest BCUT2D eigenvalue weighted by molar-refractivity contribution is 7.22. The van der Waals surface area contributed by atoms with Crippen molar-refractivity contribution in [1.29, 1.82) is 0 Å². The molecule has 7 heteroatoms. The van der Waals surface area contributed by atoms with Gasteiger partial charge in [-0.05, 0) is 30.3 Å². The maximum Gasteiger partial charge on any atom is 0.251 e. The van der Waals surface area contributed by atoms with Crippen molar-refractivity contribution < 1.29 is 4.79 Å². The molecule has 1 N–H and O–H groups in total. The maximum atomic E-state index is 12.1. The summed E-state index contributed by atoms with van der Waals surface area (Å²) in [4.78, 5) is 21.5. The molecular formula is C20H21ClN4OS. The number of halogens is 1. The topological polar surface area (TPSA) is 48.5 Å². The molecule has 1 saturated heterocycles. The third kappa shape index (κ3) is 4.40. The van der Waals surface area contributed by atoms with Gasteiger partial charge in [-0.15, -0.1) is 0 Å². The molecular weight excluding hydrogens is 380 g/mol. The molecule has 1 aliphatic rings. The Balaban J connectivity index is 1.25. The summed E-state index contributed by atoms with van der Waals surface area (Å²) in [6.45, 7) is 5.35. The van der Waals surface area contributed by atoms with Gasteiger partial charge in [0.15, 0.2) is 5.13 Å². The van der Waals surface area contributed by atoms with Gasteiger partial charge in [-0.25, -0.2) is 4.98 Å². The Kier molecular flexibility index (Phi) is 5.57. The summed E-state index contributed by atoms with van der Waals surface area (Å²) in [5.41, 5.74) is 1.71. The van der Waals surface area contributed by atoms with Crippen LogP contribution in [0.5, 0.6) is 0 Å². The predicted octanol–water partition coefficient (Wildman–Crippen LogP) is 3.50. The number of nitrogens with one attached hydrogen (secondary N) is 1. The van der Waals surface area contributed by atoms with Crippen LogP contribution in [0.3, 0.4) is 0 Å². The van der Waals surface area contributed by atoms with Crippen molar-refractivity contribution in [2.45, 2.75) is 0 Å². The molecule has 0 saturated carbocycles. The summed E-state index contributed by atoms with van der Waals surface area (Å²) in [5.74, 6) is -0.0117. The molecule has 0 bridgehead atoms. The quantitative estimate of drug-likeness (QED) is 0.712. The molecule has 0 aliphatic carbocycles. The van der Waals surface area contributed by atoms with Gasteiger partial charge in [-0.1, -0.05) is 41.1 Å². The molecule has 2 aromatic carbocycles. The highest BCUT2D eigenvalue weighted by atomic mass is 35.5. The largest absolute Gasteiger partial charge is 0.351 e. The number of nitrogens with zero attached hydrogens (tertiary/aromatic N) is 3. The number of benzene rings is 2. The van der Waals surface area contributed by atoms with Gasteiger partial charge in [0, 0.05) is 49.9 Å². The van der Waals surface area contributed by atoms with Crippen LogP contribution >= 0.6 is 22.9 Å². The Labute approximate surface area is 167 Å². The zero-order valence-corrected chi connectivity index (χ0v) is 16.5. The van der Waals surface area contributed by atoms with Crippen molar-refractivity contribution in [1.82, 2.24) is 15.2 Å². The van der Waals surface area contributed by atoms with Crippen LogP contribution in [0.2, 0.25) is 5.02 Å². The van der Waals surface area contributed by atoms with Crippen molar-refractivity contribution in [3.63, 3.8) is 0 Å². The second kappa shape index (κ2) is 8.25. The number of carbonyl (C=O) groups excluding carboxylic acids is 1. The van der Waals surface area contributed by atoms with Crippen LogP contribution in [0.25, 0.3) is 10.2 Å². The first-order chi connectivity index (χ1) is 13.2. The molecule has 0 atom stereocenters. The number of piperazine rings is 1. The molecule has 2 heterocycles. The van der Waals surface area contributed by atoms with Crippen molar-refractivity contribution in [3.05, 3.63) is 59.1 Å². The Morgan fingerprint density at radius 3 is 2.67 bits per heavy atom. The molecule has 1 fully saturated rings. The number of hydrogen-bond acceptors (Lipinski definition) is 5. The smallest absolute Gasteiger partial charge is 0.251 e. The van der Waals surface area contributed by atoms with Gasteiger partial charge in [-0.2, -0.15) is 0 Å². The zero-order valence-electron chi connectivity index (χ0n) is 14.9. The predicted molar refractivity (Wildman–Crippen MR) is 112 cm³/mol. The number of rotatable bonds is 5. The number of thiazole rings is 1. The molecule has 4 rings (SSSR count). The lowest BCUT2D eigenvalue weighted by Gasteiger charge is -2.34. The SMILES string of the molecule is O=C(NCCN1CCN(c2nc3ccc(Cl)cc3s2)CC1)c1ccccc1. The molecule has 0 unspecified atom stereocenters. The second-order valence-corrected chi connectivity index (χ2v) is 8.00. The van der Waals surface area contributed by atoms with Crippen LogP contribution < -0.4 is 10.2 Å². The van der Waals surface area contributed by atoms with Crippen LogP contribution in [-0.4, -0.2) is 55.1 Å². The van der Waals surface area contributed by atoms with Crippen molar-refractivity contribution in [2.24, 2.45) is 0 Å².